The molecule has 3 aromatic rings. The molecule has 0 radical (unpaired) electrons. The molecule has 2 amide bonds. The molecule has 152 valence electrons. The molecule has 0 heterocycles. The number of ether oxygens (including phenoxy) is 1. The zero-order chi connectivity index (χ0) is 21.5. The summed E-state index contributed by atoms with van der Waals surface area (Å²) in [5.41, 5.74) is 1.56. The predicted molar refractivity (Wildman–Crippen MR) is 123 cm³/mol. The molecule has 0 aliphatic rings. The molecule has 0 aliphatic heterocycles. The monoisotopic (exact) mass is 484 g/mol. The molecule has 30 heavy (non-hydrogen) atoms. The first-order chi connectivity index (χ1) is 14.5. The summed E-state index contributed by atoms with van der Waals surface area (Å²) < 4.78 is 6.18. The molecule has 5 nitrogen and oxygen atoms in total. The highest BCUT2D eigenvalue weighted by molar-refractivity contribution is 9.10. The third-order valence-corrected chi connectivity index (χ3v) is 5.01. The van der Waals surface area contributed by atoms with E-state index in [1.54, 1.807) is 54.6 Å². The minimum Gasteiger partial charge on any atom is -0.495 e. The number of halogens is 2. The molecular weight excluding hydrogens is 468 g/mol. The number of hydrogen-bond acceptors (Lipinski definition) is 3. The van der Waals surface area contributed by atoms with Gasteiger partial charge in [-0.1, -0.05) is 63.9 Å². The largest absolute Gasteiger partial charge is 0.495 e. The maximum absolute atomic E-state index is 13.0. The first-order valence-electron chi connectivity index (χ1n) is 8.95. The van der Waals surface area contributed by atoms with Crippen molar-refractivity contribution >= 4 is 51.1 Å². The third-order valence-electron chi connectivity index (χ3n) is 4.15. The van der Waals surface area contributed by atoms with Gasteiger partial charge in [-0.25, -0.2) is 0 Å². The van der Waals surface area contributed by atoms with Crippen LogP contribution in [0.3, 0.4) is 0 Å². The van der Waals surface area contributed by atoms with Crippen LogP contribution in [0.1, 0.15) is 15.9 Å². The highest BCUT2D eigenvalue weighted by Crippen LogP contribution is 2.24. The van der Waals surface area contributed by atoms with Gasteiger partial charge in [0.15, 0.2) is 0 Å². The zero-order valence-electron chi connectivity index (χ0n) is 16.0. The Hall–Kier alpha value is -3.09. The van der Waals surface area contributed by atoms with Crippen molar-refractivity contribution in [3.63, 3.8) is 0 Å². The van der Waals surface area contributed by atoms with Crippen LogP contribution in [-0.2, 0) is 4.79 Å². The Balaban J connectivity index is 1.92. The summed E-state index contributed by atoms with van der Waals surface area (Å²) in [6, 6.07) is 21.0. The summed E-state index contributed by atoms with van der Waals surface area (Å²) in [5.74, 6) is -0.478. The molecule has 0 aliphatic carbocycles. The number of nitrogens with one attached hydrogen (secondary N) is 2. The highest BCUT2D eigenvalue weighted by Gasteiger charge is 2.17. The molecule has 0 spiro atoms. The van der Waals surface area contributed by atoms with E-state index < -0.39 is 11.8 Å². The number of amides is 2. The zero-order valence-corrected chi connectivity index (χ0v) is 18.3. The number of hydrogen-bond donors (Lipinski definition) is 2. The summed E-state index contributed by atoms with van der Waals surface area (Å²) in [7, 11) is 1.52. The van der Waals surface area contributed by atoms with Gasteiger partial charge in [0.25, 0.3) is 11.8 Å². The van der Waals surface area contributed by atoms with Gasteiger partial charge in [0.2, 0.25) is 0 Å². The van der Waals surface area contributed by atoms with E-state index in [1.807, 2.05) is 24.3 Å². The molecule has 0 atom stereocenters. The maximum atomic E-state index is 13.0. The van der Waals surface area contributed by atoms with Crippen molar-refractivity contribution < 1.29 is 14.3 Å². The first-order valence-corrected chi connectivity index (χ1v) is 10.1. The Labute approximate surface area is 187 Å². The smallest absolute Gasteiger partial charge is 0.272 e. The molecule has 3 aromatic carbocycles. The van der Waals surface area contributed by atoms with Gasteiger partial charge in [-0.2, -0.15) is 0 Å². The van der Waals surface area contributed by atoms with Gasteiger partial charge in [0, 0.05) is 4.47 Å². The second-order valence-electron chi connectivity index (χ2n) is 6.20. The SMILES string of the molecule is COc1ccccc1NC(=O)C(=Cc1ccc(Br)cc1)NC(=O)c1ccccc1Cl. The average Bonchev–Trinajstić information content (AvgIpc) is 2.75. The van der Waals surface area contributed by atoms with Gasteiger partial charge in [-0.3, -0.25) is 9.59 Å². The lowest BCUT2D eigenvalue weighted by Gasteiger charge is -2.14. The van der Waals surface area contributed by atoms with Crippen LogP contribution >= 0.6 is 27.5 Å². The van der Waals surface area contributed by atoms with Gasteiger partial charge < -0.3 is 15.4 Å². The van der Waals surface area contributed by atoms with Crippen molar-refractivity contribution in [1.29, 1.82) is 0 Å². The number of methoxy groups -OCH3 is 1. The van der Waals surface area contributed by atoms with E-state index in [4.69, 9.17) is 16.3 Å². The summed E-state index contributed by atoms with van der Waals surface area (Å²) >= 11 is 9.51. The number of carbonyl (C=O) groups is 2. The van der Waals surface area contributed by atoms with Crippen LogP contribution in [-0.4, -0.2) is 18.9 Å². The van der Waals surface area contributed by atoms with E-state index in [1.165, 1.54) is 7.11 Å². The van der Waals surface area contributed by atoms with E-state index >= 15 is 0 Å². The van der Waals surface area contributed by atoms with E-state index in [2.05, 4.69) is 26.6 Å². The van der Waals surface area contributed by atoms with Crippen LogP contribution in [0.25, 0.3) is 6.08 Å². The average molecular weight is 486 g/mol. The van der Waals surface area contributed by atoms with Crippen molar-refractivity contribution in [3.05, 3.63) is 99.1 Å². The van der Waals surface area contributed by atoms with Gasteiger partial charge in [-0.05, 0) is 48.0 Å². The van der Waals surface area contributed by atoms with Crippen molar-refractivity contribution in [2.75, 3.05) is 12.4 Å². The van der Waals surface area contributed by atoms with Gasteiger partial charge in [-0.15, -0.1) is 0 Å². The summed E-state index contributed by atoms with van der Waals surface area (Å²) in [6.45, 7) is 0. The molecule has 7 heteroatoms. The normalized spacial score (nSPS) is 11.0. The fourth-order valence-electron chi connectivity index (χ4n) is 2.66. The quantitative estimate of drug-likeness (QED) is 0.452. The second kappa shape index (κ2) is 10.1. The molecule has 0 saturated heterocycles. The lowest BCUT2D eigenvalue weighted by atomic mass is 10.1. The van der Waals surface area contributed by atoms with Crippen LogP contribution < -0.4 is 15.4 Å². The maximum Gasteiger partial charge on any atom is 0.272 e. The highest BCUT2D eigenvalue weighted by atomic mass is 79.9. The predicted octanol–water partition coefficient (Wildman–Crippen LogP) is 5.52. The van der Waals surface area contributed by atoms with Gasteiger partial charge in [0.05, 0.1) is 23.4 Å². The summed E-state index contributed by atoms with van der Waals surface area (Å²) in [4.78, 5) is 25.8. The van der Waals surface area contributed by atoms with Crippen molar-refractivity contribution in [3.8, 4) is 5.75 Å². The number of para-hydroxylation sites is 2. The second-order valence-corrected chi connectivity index (χ2v) is 7.52. The fraction of sp³-hybridized carbons (Fsp3) is 0.0435. The summed E-state index contributed by atoms with van der Waals surface area (Å²) in [5, 5.41) is 5.74. The Bertz CT molecular complexity index is 1100. The van der Waals surface area contributed by atoms with Crippen LogP contribution in [0.15, 0.2) is 83.0 Å². The molecule has 0 unspecified atom stereocenters. The lowest BCUT2D eigenvalue weighted by Crippen LogP contribution is -2.31. The van der Waals surface area contributed by atoms with E-state index in [9.17, 15) is 9.59 Å². The van der Waals surface area contributed by atoms with Gasteiger partial charge in [0.1, 0.15) is 11.4 Å². The topological polar surface area (TPSA) is 67.4 Å². The minimum atomic E-state index is -0.497. The molecule has 0 saturated carbocycles. The Morgan fingerprint density at radius 2 is 1.63 bits per heavy atom. The minimum absolute atomic E-state index is 0.0631. The van der Waals surface area contributed by atoms with E-state index in [0.717, 1.165) is 10.0 Å². The fourth-order valence-corrected chi connectivity index (χ4v) is 3.14. The molecule has 0 bridgehead atoms. The molecular formula is C23H18BrClN2O3. The number of anilines is 1. The number of rotatable bonds is 6. The molecule has 3 rings (SSSR count). The number of carbonyl (C=O) groups excluding carboxylic acids is 2. The first kappa shape index (κ1) is 21.6. The molecule has 0 fully saturated rings. The van der Waals surface area contributed by atoms with Crippen molar-refractivity contribution in [2.24, 2.45) is 0 Å². The Kier molecular flexibility index (Phi) is 7.27. The standard InChI is InChI=1S/C23H18BrClN2O3/c1-30-21-9-5-4-8-19(21)26-23(29)20(14-15-10-12-16(24)13-11-15)27-22(28)17-6-2-3-7-18(17)25/h2-14H,1H3,(H,26,29)(H,27,28). The van der Waals surface area contributed by atoms with Crippen LogP contribution in [0.4, 0.5) is 5.69 Å². The third kappa shape index (κ3) is 5.49. The Morgan fingerprint density at radius 1 is 0.967 bits per heavy atom. The molecule has 2 N–H and O–H groups in total. The lowest BCUT2D eigenvalue weighted by molar-refractivity contribution is -0.113. The molecule has 0 aromatic heterocycles. The van der Waals surface area contributed by atoms with Crippen molar-refractivity contribution in [2.45, 2.75) is 0 Å². The van der Waals surface area contributed by atoms with E-state index in [0.29, 0.717) is 16.5 Å². The van der Waals surface area contributed by atoms with Gasteiger partial charge >= 0.3 is 0 Å². The van der Waals surface area contributed by atoms with Crippen molar-refractivity contribution in [1.82, 2.24) is 5.32 Å². The van der Waals surface area contributed by atoms with E-state index in [-0.39, 0.29) is 11.3 Å². The van der Waals surface area contributed by atoms with Crippen LogP contribution in [0.2, 0.25) is 5.02 Å². The Morgan fingerprint density at radius 3 is 2.33 bits per heavy atom. The summed E-state index contributed by atoms with van der Waals surface area (Å²) in [6.07, 6.45) is 1.59. The van der Waals surface area contributed by atoms with Crippen LogP contribution in [0.5, 0.6) is 5.75 Å². The number of benzene rings is 3. The van der Waals surface area contributed by atoms with Crippen LogP contribution in [0, 0.1) is 0 Å².